The van der Waals surface area contributed by atoms with Crippen molar-refractivity contribution in [3.63, 3.8) is 0 Å². The Morgan fingerprint density at radius 3 is 2.36 bits per heavy atom. The summed E-state index contributed by atoms with van der Waals surface area (Å²) >= 11 is 4.74. The number of thiophene rings is 1. The number of fused-ring (bicyclic) bond motifs is 2. The van der Waals surface area contributed by atoms with Gasteiger partial charge in [0.1, 0.15) is 0 Å². The van der Waals surface area contributed by atoms with Crippen molar-refractivity contribution < 1.29 is 23.9 Å². The van der Waals surface area contributed by atoms with Crippen LogP contribution in [0.25, 0.3) is 22.2 Å². The number of carbonyl (C=O) groups is 4. The molecule has 2 aromatic carbocycles. The van der Waals surface area contributed by atoms with E-state index in [0.29, 0.717) is 45.6 Å². The van der Waals surface area contributed by atoms with Gasteiger partial charge in [-0.05, 0) is 60.7 Å². The Morgan fingerprint density at radius 2 is 1.69 bits per heavy atom. The summed E-state index contributed by atoms with van der Waals surface area (Å²) in [6, 6.07) is 17.5. The molecule has 3 heterocycles. The molecule has 0 saturated carbocycles. The molecule has 39 heavy (non-hydrogen) atoms. The van der Waals surface area contributed by atoms with E-state index in [1.54, 1.807) is 60.0 Å². The summed E-state index contributed by atoms with van der Waals surface area (Å²) < 4.78 is 6.17. The molecule has 0 spiro atoms. The lowest BCUT2D eigenvalue weighted by Gasteiger charge is -2.15. The third-order valence-electron chi connectivity index (χ3n) is 7.05. The molecule has 0 bridgehead atoms. The second-order valence-electron chi connectivity index (χ2n) is 9.41. The Bertz CT molecular complexity index is 1640. The lowest BCUT2D eigenvalue weighted by molar-refractivity contribution is -0.122. The SMILES string of the molecule is O=C(COC(=O)c1cc(-c2ccc(N3C(=O)C4CC=CCC4C3=O)cc2)nc2ccc(Br)cc12)c1cccs1. The molecule has 1 fully saturated rings. The van der Waals surface area contributed by atoms with Crippen LogP contribution in [0.5, 0.6) is 0 Å². The average Bonchev–Trinajstić information content (AvgIpc) is 3.58. The molecule has 7 nitrogen and oxygen atoms in total. The van der Waals surface area contributed by atoms with E-state index in [9.17, 15) is 19.2 Å². The summed E-state index contributed by atoms with van der Waals surface area (Å²) in [4.78, 5) is 58.0. The highest BCUT2D eigenvalue weighted by Crippen LogP contribution is 2.38. The topological polar surface area (TPSA) is 93.6 Å². The quantitative estimate of drug-likeness (QED) is 0.113. The third kappa shape index (κ3) is 4.72. The number of allylic oxidation sites excluding steroid dienone is 2. The normalized spacial score (nSPS) is 18.4. The molecule has 1 aliphatic heterocycles. The van der Waals surface area contributed by atoms with Crippen molar-refractivity contribution in [2.24, 2.45) is 11.8 Å². The van der Waals surface area contributed by atoms with Crippen LogP contribution < -0.4 is 4.90 Å². The van der Waals surface area contributed by atoms with Crippen molar-refractivity contribution in [1.29, 1.82) is 0 Å². The first-order chi connectivity index (χ1) is 18.9. The van der Waals surface area contributed by atoms with Crippen molar-refractivity contribution in [3.8, 4) is 11.3 Å². The summed E-state index contributed by atoms with van der Waals surface area (Å²) in [7, 11) is 0. The van der Waals surface area contributed by atoms with Gasteiger partial charge in [-0.1, -0.05) is 46.3 Å². The number of ether oxygens (including phenoxy) is 1. The molecule has 1 aliphatic carbocycles. The van der Waals surface area contributed by atoms with Gasteiger partial charge in [-0.2, -0.15) is 0 Å². The number of hydrogen-bond acceptors (Lipinski definition) is 7. The summed E-state index contributed by atoms with van der Waals surface area (Å²) in [5.41, 5.74) is 2.59. The van der Waals surface area contributed by atoms with Gasteiger partial charge in [-0.3, -0.25) is 19.3 Å². The van der Waals surface area contributed by atoms with Crippen molar-refractivity contribution in [1.82, 2.24) is 4.98 Å². The molecule has 6 rings (SSSR count). The molecule has 2 aliphatic rings. The molecule has 0 radical (unpaired) electrons. The number of carbonyl (C=O) groups excluding carboxylic acids is 4. The lowest BCUT2D eigenvalue weighted by Crippen LogP contribution is -2.30. The maximum absolute atomic E-state index is 13.2. The predicted molar refractivity (Wildman–Crippen MR) is 152 cm³/mol. The molecule has 1 saturated heterocycles. The van der Waals surface area contributed by atoms with Gasteiger partial charge in [0.15, 0.2) is 6.61 Å². The van der Waals surface area contributed by atoms with Crippen LogP contribution in [-0.2, 0) is 14.3 Å². The van der Waals surface area contributed by atoms with E-state index in [0.717, 1.165) is 4.47 Å². The Hall–Kier alpha value is -3.95. The maximum atomic E-state index is 13.2. The molecular formula is C30H21BrN2O5S. The summed E-state index contributed by atoms with van der Waals surface area (Å²) in [5, 5.41) is 2.38. The first kappa shape index (κ1) is 25.3. The van der Waals surface area contributed by atoms with E-state index in [2.05, 4.69) is 15.9 Å². The number of rotatable bonds is 6. The van der Waals surface area contributed by atoms with Gasteiger partial charge in [-0.15, -0.1) is 11.3 Å². The molecule has 194 valence electrons. The van der Waals surface area contributed by atoms with Gasteiger partial charge in [-0.25, -0.2) is 9.78 Å². The fourth-order valence-corrected chi connectivity index (χ4v) is 6.08. The highest BCUT2D eigenvalue weighted by Gasteiger charge is 2.47. The number of hydrogen-bond donors (Lipinski definition) is 0. The Kier molecular flexibility index (Phi) is 6.70. The number of esters is 1. The molecule has 2 atom stereocenters. The minimum Gasteiger partial charge on any atom is -0.454 e. The minimum atomic E-state index is -0.632. The van der Waals surface area contributed by atoms with Crippen molar-refractivity contribution in [2.45, 2.75) is 12.8 Å². The van der Waals surface area contributed by atoms with Gasteiger partial charge in [0, 0.05) is 15.4 Å². The van der Waals surface area contributed by atoms with Crippen LogP contribution in [0.3, 0.4) is 0 Å². The van der Waals surface area contributed by atoms with Gasteiger partial charge in [0.2, 0.25) is 17.6 Å². The van der Waals surface area contributed by atoms with Gasteiger partial charge >= 0.3 is 5.97 Å². The molecule has 4 aromatic rings. The number of benzene rings is 2. The highest BCUT2D eigenvalue weighted by atomic mass is 79.9. The lowest BCUT2D eigenvalue weighted by atomic mass is 9.85. The number of ketones is 1. The van der Waals surface area contributed by atoms with E-state index < -0.39 is 5.97 Å². The van der Waals surface area contributed by atoms with Crippen LogP contribution in [0.4, 0.5) is 5.69 Å². The molecule has 2 aromatic heterocycles. The van der Waals surface area contributed by atoms with Crippen LogP contribution in [0.2, 0.25) is 0 Å². The molecule has 9 heteroatoms. The maximum Gasteiger partial charge on any atom is 0.339 e. The van der Waals surface area contributed by atoms with E-state index >= 15 is 0 Å². The zero-order chi connectivity index (χ0) is 27.1. The first-order valence-electron chi connectivity index (χ1n) is 12.4. The number of anilines is 1. The third-order valence-corrected chi connectivity index (χ3v) is 8.45. The number of pyridine rings is 1. The zero-order valence-electron chi connectivity index (χ0n) is 20.5. The highest BCUT2D eigenvalue weighted by molar-refractivity contribution is 9.10. The number of imide groups is 1. The first-order valence-corrected chi connectivity index (χ1v) is 14.1. The van der Waals surface area contributed by atoms with Crippen LogP contribution in [0, 0.1) is 11.8 Å². The smallest absolute Gasteiger partial charge is 0.339 e. The fraction of sp³-hybridized carbons (Fsp3) is 0.167. The second-order valence-corrected chi connectivity index (χ2v) is 11.3. The van der Waals surface area contributed by atoms with Crippen LogP contribution in [0.1, 0.15) is 32.9 Å². The van der Waals surface area contributed by atoms with Gasteiger partial charge in [0.25, 0.3) is 0 Å². The van der Waals surface area contributed by atoms with E-state index in [1.807, 2.05) is 18.2 Å². The van der Waals surface area contributed by atoms with E-state index in [1.165, 1.54) is 16.2 Å². The molecular weight excluding hydrogens is 580 g/mol. The van der Waals surface area contributed by atoms with Crippen molar-refractivity contribution in [2.75, 3.05) is 11.5 Å². The largest absolute Gasteiger partial charge is 0.454 e. The average molecular weight is 601 g/mol. The number of nitrogens with zero attached hydrogens (tertiary/aromatic N) is 2. The van der Waals surface area contributed by atoms with Crippen LogP contribution >= 0.6 is 27.3 Å². The standard InChI is InChI=1S/C30H21BrN2O5S/c31-18-9-12-24-22(14-18)23(30(37)38-16-26(34)27-6-3-13-39-27)15-25(32-24)17-7-10-19(11-8-17)33-28(35)20-4-1-2-5-21(20)29(33)36/h1-3,6-15,20-21H,4-5,16H2. The summed E-state index contributed by atoms with van der Waals surface area (Å²) in [5.74, 6) is -1.84. The minimum absolute atomic E-state index is 0.168. The number of Topliss-reactive ketones (excluding diaryl/α,β-unsaturated/α-hetero) is 1. The monoisotopic (exact) mass is 600 g/mol. The molecule has 0 N–H and O–H groups in total. The summed E-state index contributed by atoms with van der Waals surface area (Å²) in [6.45, 7) is -0.364. The number of amides is 2. The molecule has 2 amide bonds. The van der Waals surface area contributed by atoms with Crippen LogP contribution in [0.15, 0.2) is 82.7 Å². The van der Waals surface area contributed by atoms with Crippen molar-refractivity contribution >= 4 is 67.4 Å². The summed E-state index contributed by atoms with van der Waals surface area (Å²) in [6.07, 6.45) is 5.09. The van der Waals surface area contributed by atoms with E-state index in [-0.39, 0.29) is 41.6 Å². The fourth-order valence-electron chi connectivity index (χ4n) is 5.07. The second kappa shape index (κ2) is 10.3. The van der Waals surface area contributed by atoms with E-state index in [4.69, 9.17) is 9.72 Å². The Morgan fingerprint density at radius 1 is 0.974 bits per heavy atom. The number of halogens is 1. The molecule has 2 unspecified atom stereocenters. The Labute approximate surface area is 236 Å². The van der Waals surface area contributed by atoms with Gasteiger partial charge in [0.05, 0.1) is 39.2 Å². The van der Waals surface area contributed by atoms with Gasteiger partial charge < -0.3 is 4.74 Å². The van der Waals surface area contributed by atoms with Crippen LogP contribution in [-0.4, -0.2) is 35.2 Å². The number of aromatic nitrogens is 1. The Balaban J connectivity index is 1.30. The van der Waals surface area contributed by atoms with Crippen molar-refractivity contribution in [3.05, 3.63) is 93.1 Å². The zero-order valence-corrected chi connectivity index (χ0v) is 22.9. The predicted octanol–water partition coefficient (Wildman–Crippen LogP) is 6.22.